The quantitative estimate of drug-likeness (QED) is 0.0511. The maximum Gasteiger partial charge on any atom is 0.307 e. The van der Waals surface area contributed by atoms with E-state index in [1.165, 1.54) is 109 Å². The van der Waals surface area contributed by atoms with Crippen molar-refractivity contribution in [3.8, 4) is 0 Å². The number of carbonyl (C=O) groups excluding carboxylic acids is 2. The van der Waals surface area contributed by atoms with E-state index < -0.39 is 0 Å². The van der Waals surface area contributed by atoms with Crippen molar-refractivity contribution in [3.05, 3.63) is 0 Å². The predicted molar refractivity (Wildman–Crippen MR) is 204 cm³/mol. The normalized spacial score (nSPS) is 11.5. The van der Waals surface area contributed by atoms with Crippen LogP contribution in [0.5, 0.6) is 0 Å². The molecule has 0 aliphatic carbocycles. The van der Waals surface area contributed by atoms with Crippen LogP contribution >= 0.6 is 0 Å². The first-order valence-electron chi connectivity index (χ1n) is 20.9. The van der Waals surface area contributed by atoms with Crippen molar-refractivity contribution in [2.75, 3.05) is 59.1 Å². The van der Waals surface area contributed by atoms with Crippen molar-refractivity contribution in [2.45, 2.75) is 194 Å². The lowest BCUT2D eigenvalue weighted by Gasteiger charge is -2.22. The summed E-state index contributed by atoms with van der Waals surface area (Å²) in [5, 5.41) is 9.22. The van der Waals surface area contributed by atoms with E-state index in [4.69, 9.17) is 9.47 Å². The summed E-state index contributed by atoms with van der Waals surface area (Å²) >= 11 is 0. The number of nitrogens with zero attached hydrogens (tertiary/aromatic N) is 2. The Kier molecular flexibility index (Phi) is 37.7. The second kappa shape index (κ2) is 38.6. The molecule has 0 unspecified atom stereocenters. The Balaban J connectivity index is 4.12. The van der Waals surface area contributed by atoms with Crippen molar-refractivity contribution in [3.63, 3.8) is 0 Å². The van der Waals surface area contributed by atoms with E-state index in [1.54, 1.807) is 0 Å². The second-order valence-electron chi connectivity index (χ2n) is 14.1. The Morgan fingerprint density at radius 1 is 0.396 bits per heavy atom. The first-order valence-corrected chi connectivity index (χ1v) is 20.9. The van der Waals surface area contributed by atoms with Crippen LogP contribution < -0.4 is 0 Å². The summed E-state index contributed by atoms with van der Waals surface area (Å²) < 4.78 is 11.1. The van der Waals surface area contributed by atoms with Crippen molar-refractivity contribution in [1.29, 1.82) is 0 Å². The highest BCUT2D eigenvalue weighted by molar-refractivity contribution is 5.69. The monoisotopic (exact) mass is 683 g/mol. The molecule has 0 saturated carbocycles. The van der Waals surface area contributed by atoms with Gasteiger partial charge < -0.3 is 24.4 Å². The topological polar surface area (TPSA) is 79.3 Å². The summed E-state index contributed by atoms with van der Waals surface area (Å²) in [4.78, 5) is 29.5. The fourth-order valence-corrected chi connectivity index (χ4v) is 6.22. The molecule has 0 aliphatic heterocycles. The van der Waals surface area contributed by atoms with Crippen LogP contribution in [0, 0.1) is 0 Å². The minimum atomic E-state index is -0.0661. The molecule has 48 heavy (non-hydrogen) atoms. The number of esters is 2. The zero-order valence-corrected chi connectivity index (χ0v) is 32.4. The van der Waals surface area contributed by atoms with Gasteiger partial charge in [0.1, 0.15) is 0 Å². The minimum absolute atomic E-state index is 0.0511. The highest BCUT2D eigenvalue weighted by atomic mass is 16.5. The van der Waals surface area contributed by atoms with Crippen LogP contribution in [-0.4, -0.2) is 85.9 Å². The molecule has 0 heterocycles. The van der Waals surface area contributed by atoms with E-state index in [0.29, 0.717) is 26.1 Å². The molecule has 7 nitrogen and oxygen atoms in total. The predicted octanol–water partition coefficient (Wildman–Crippen LogP) is 10.3. The third-order valence-electron chi connectivity index (χ3n) is 9.42. The van der Waals surface area contributed by atoms with Crippen LogP contribution in [0.2, 0.25) is 0 Å². The van der Waals surface area contributed by atoms with Crippen molar-refractivity contribution in [1.82, 2.24) is 9.80 Å². The average Bonchev–Trinajstić information content (AvgIpc) is 3.08. The summed E-state index contributed by atoms with van der Waals surface area (Å²) in [6.07, 6.45) is 30.7. The van der Waals surface area contributed by atoms with Crippen molar-refractivity contribution >= 4 is 11.9 Å². The van der Waals surface area contributed by atoms with E-state index in [9.17, 15) is 14.7 Å². The summed E-state index contributed by atoms with van der Waals surface area (Å²) in [5.74, 6) is -0.117. The molecule has 286 valence electrons. The number of hydrogen-bond acceptors (Lipinski definition) is 7. The SMILES string of the molecule is CCCCCCCCCCCC(=O)OCCCCN(CCCCO)CCCCOC(=O)CCN(CCCCCC)CCCCCCCC. The highest BCUT2D eigenvalue weighted by Gasteiger charge is 2.11. The molecule has 0 spiro atoms. The summed E-state index contributed by atoms with van der Waals surface area (Å²) in [6.45, 7) is 13.9. The van der Waals surface area contributed by atoms with Gasteiger partial charge in [0.15, 0.2) is 0 Å². The first kappa shape index (κ1) is 46.8. The molecular formula is C41H82N2O5. The van der Waals surface area contributed by atoms with Gasteiger partial charge in [-0.15, -0.1) is 0 Å². The van der Waals surface area contributed by atoms with Crippen LogP contribution in [0.3, 0.4) is 0 Å². The lowest BCUT2D eigenvalue weighted by Crippen LogP contribution is -2.29. The number of ether oxygens (including phenoxy) is 2. The summed E-state index contributed by atoms with van der Waals surface area (Å²) in [7, 11) is 0. The molecule has 0 saturated heterocycles. The number of rotatable bonds is 39. The van der Waals surface area contributed by atoms with Gasteiger partial charge in [0.25, 0.3) is 0 Å². The van der Waals surface area contributed by atoms with Gasteiger partial charge in [0.05, 0.1) is 19.6 Å². The lowest BCUT2D eigenvalue weighted by atomic mass is 10.1. The number of aliphatic hydroxyl groups excluding tert-OH is 1. The lowest BCUT2D eigenvalue weighted by molar-refractivity contribution is -0.144. The number of hydrogen-bond donors (Lipinski definition) is 1. The van der Waals surface area contributed by atoms with Crippen LogP contribution in [0.4, 0.5) is 0 Å². The molecular weight excluding hydrogens is 600 g/mol. The van der Waals surface area contributed by atoms with Gasteiger partial charge in [-0.2, -0.15) is 0 Å². The van der Waals surface area contributed by atoms with Crippen LogP contribution in [-0.2, 0) is 19.1 Å². The number of carbonyl (C=O) groups is 2. The Morgan fingerprint density at radius 2 is 0.729 bits per heavy atom. The summed E-state index contributed by atoms with van der Waals surface area (Å²) in [6, 6.07) is 0. The Morgan fingerprint density at radius 3 is 1.19 bits per heavy atom. The molecule has 0 aliphatic rings. The number of aliphatic hydroxyl groups is 1. The Hall–Kier alpha value is -1.18. The van der Waals surface area contributed by atoms with Crippen molar-refractivity contribution in [2.24, 2.45) is 0 Å². The van der Waals surface area contributed by atoms with Gasteiger partial charge in [-0.3, -0.25) is 9.59 Å². The molecule has 0 rings (SSSR count). The van der Waals surface area contributed by atoms with Gasteiger partial charge in [-0.25, -0.2) is 0 Å². The van der Waals surface area contributed by atoms with E-state index in [-0.39, 0.29) is 18.5 Å². The molecule has 0 radical (unpaired) electrons. The molecule has 0 aromatic heterocycles. The van der Waals surface area contributed by atoms with E-state index in [0.717, 1.165) is 90.6 Å². The minimum Gasteiger partial charge on any atom is -0.466 e. The Bertz CT molecular complexity index is 677. The van der Waals surface area contributed by atoms with E-state index >= 15 is 0 Å². The van der Waals surface area contributed by atoms with E-state index in [1.807, 2.05) is 0 Å². The maximum absolute atomic E-state index is 12.5. The molecule has 0 bridgehead atoms. The molecule has 0 aromatic rings. The van der Waals surface area contributed by atoms with Crippen LogP contribution in [0.25, 0.3) is 0 Å². The third kappa shape index (κ3) is 34.7. The second-order valence-corrected chi connectivity index (χ2v) is 14.1. The van der Waals surface area contributed by atoms with Gasteiger partial charge >= 0.3 is 11.9 Å². The van der Waals surface area contributed by atoms with Gasteiger partial charge in [-0.05, 0) is 90.5 Å². The van der Waals surface area contributed by atoms with Crippen LogP contribution in [0.1, 0.15) is 194 Å². The average molecular weight is 683 g/mol. The molecule has 0 fully saturated rings. The number of unbranched alkanes of at least 4 members (excludes halogenated alkanes) is 19. The molecule has 0 amide bonds. The largest absolute Gasteiger partial charge is 0.466 e. The standard InChI is InChI=1S/C41H82N2O5/c1-4-7-10-13-15-16-17-18-20-29-40(45)47-38-27-24-34-42(33-23-26-37-44)35-25-28-39-48-41(46)30-36-43(31-21-12-9-6-3)32-22-19-14-11-8-5-2/h44H,4-39H2,1-3H3. The molecule has 7 heteroatoms. The first-order chi connectivity index (χ1) is 23.6. The van der Waals surface area contributed by atoms with Crippen molar-refractivity contribution < 1.29 is 24.2 Å². The third-order valence-corrected chi connectivity index (χ3v) is 9.42. The maximum atomic E-state index is 12.5. The van der Waals surface area contributed by atoms with E-state index in [2.05, 4.69) is 30.6 Å². The fourth-order valence-electron chi connectivity index (χ4n) is 6.22. The fraction of sp³-hybridized carbons (Fsp3) is 0.951. The molecule has 0 aromatic carbocycles. The Labute approximate surface area is 298 Å². The van der Waals surface area contributed by atoms with Gasteiger partial charge in [0.2, 0.25) is 0 Å². The van der Waals surface area contributed by atoms with Gasteiger partial charge in [0, 0.05) is 19.6 Å². The molecule has 1 N–H and O–H groups in total. The molecule has 0 atom stereocenters. The highest BCUT2D eigenvalue weighted by Crippen LogP contribution is 2.12. The smallest absolute Gasteiger partial charge is 0.307 e. The summed E-state index contributed by atoms with van der Waals surface area (Å²) in [5.41, 5.74) is 0. The zero-order chi connectivity index (χ0) is 35.2. The zero-order valence-electron chi connectivity index (χ0n) is 32.4. The van der Waals surface area contributed by atoms with Gasteiger partial charge in [-0.1, -0.05) is 124 Å². The van der Waals surface area contributed by atoms with Crippen LogP contribution in [0.15, 0.2) is 0 Å².